The monoisotopic (exact) mass is 350 g/mol. The molecule has 0 bridgehead atoms. The van der Waals surface area contributed by atoms with Gasteiger partial charge in [0.1, 0.15) is 0 Å². The van der Waals surface area contributed by atoms with Crippen LogP contribution in [0, 0.1) is 13.8 Å². The van der Waals surface area contributed by atoms with Gasteiger partial charge in [0.05, 0.1) is 5.69 Å². The minimum atomic E-state index is -0.115. The quantitative estimate of drug-likeness (QED) is 0.648. The van der Waals surface area contributed by atoms with Gasteiger partial charge in [-0.3, -0.25) is 10.1 Å². The Morgan fingerprint density at radius 1 is 1.08 bits per heavy atom. The van der Waals surface area contributed by atoms with E-state index in [-0.39, 0.29) is 5.91 Å². The second-order valence-electron chi connectivity index (χ2n) is 6.23. The molecule has 0 fully saturated rings. The third kappa shape index (κ3) is 4.15. The molecule has 3 aromatic rings. The summed E-state index contributed by atoms with van der Waals surface area (Å²) < 4.78 is 0. The van der Waals surface area contributed by atoms with Crippen LogP contribution in [0.1, 0.15) is 39.7 Å². The van der Waals surface area contributed by atoms with Crippen LogP contribution in [-0.4, -0.2) is 10.9 Å². The molecule has 0 aliphatic heterocycles. The molecule has 0 aliphatic rings. The highest BCUT2D eigenvalue weighted by molar-refractivity contribution is 7.16. The maximum atomic E-state index is 12.5. The number of hydrogen-bond acceptors (Lipinski definition) is 3. The molecule has 0 unspecified atom stereocenters. The Bertz CT molecular complexity index is 881. The van der Waals surface area contributed by atoms with Crippen molar-refractivity contribution in [1.82, 2.24) is 4.98 Å². The van der Waals surface area contributed by atoms with Crippen LogP contribution in [-0.2, 0) is 6.42 Å². The van der Waals surface area contributed by atoms with E-state index >= 15 is 0 Å². The molecule has 1 aromatic heterocycles. The fraction of sp³-hybridized carbons (Fsp3) is 0.238. The summed E-state index contributed by atoms with van der Waals surface area (Å²) in [5.74, 6) is -0.115. The maximum absolute atomic E-state index is 12.5. The van der Waals surface area contributed by atoms with Gasteiger partial charge in [0.15, 0.2) is 5.13 Å². The third-order valence-electron chi connectivity index (χ3n) is 4.00. The van der Waals surface area contributed by atoms with Crippen LogP contribution in [0.4, 0.5) is 5.13 Å². The van der Waals surface area contributed by atoms with Gasteiger partial charge >= 0.3 is 0 Å². The van der Waals surface area contributed by atoms with E-state index in [4.69, 9.17) is 4.98 Å². The lowest BCUT2D eigenvalue weighted by Crippen LogP contribution is -2.11. The Balaban J connectivity index is 1.88. The summed E-state index contributed by atoms with van der Waals surface area (Å²) in [4.78, 5) is 18.4. The molecule has 1 heterocycles. The molecule has 3 rings (SSSR count). The minimum absolute atomic E-state index is 0.115. The summed E-state index contributed by atoms with van der Waals surface area (Å²) in [7, 11) is 0. The predicted octanol–water partition coefficient (Wildman–Crippen LogP) is 5.63. The van der Waals surface area contributed by atoms with Crippen molar-refractivity contribution in [3.8, 4) is 11.3 Å². The molecule has 1 N–H and O–H groups in total. The van der Waals surface area contributed by atoms with E-state index in [1.807, 2.05) is 31.2 Å². The van der Waals surface area contributed by atoms with Crippen molar-refractivity contribution in [1.29, 1.82) is 0 Å². The van der Waals surface area contributed by atoms with Crippen LogP contribution in [0.3, 0.4) is 0 Å². The first kappa shape index (κ1) is 17.4. The van der Waals surface area contributed by atoms with Gasteiger partial charge in [-0.05, 0) is 32.4 Å². The molecule has 0 saturated heterocycles. The van der Waals surface area contributed by atoms with Gasteiger partial charge in [-0.2, -0.15) is 0 Å². The number of thiazole rings is 1. The molecular formula is C21H22N2OS. The van der Waals surface area contributed by atoms with E-state index in [1.165, 1.54) is 10.4 Å². The Morgan fingerprint density at radius 3 is 2.52 bits per heavy atom. The molecule has 4 heteroatoms. The first-order valence-corrected chi connectivity index (χ1v) is 9.33. The summed E-state index contributed by atoms with van der Waals surface area (Å²) in [5, 5.41) is 3.61. The predicted molar refractivity (Wildman–Crippen MR) is 105 cm³/mol. The molecule has 25 heavy (non-hydrogen) atoms. The molecule has 128 valence electrons. The van der Waals surface area contributed by atoms with Gasteiger partial charge in [0, 0.05) is 16.0 Å². The Labute approximate surface area is 152 Å². The zero-order valence-corrected chi connectivity index (χ0v) is 15.6. The van der Waals surface area contributed by atoms with E-state index in [0.29, 0.717) is 10.7 Å². The summed E-state index contributed by atoms with van der Waals surface area (Å²) in [6.45, 7) is 6.21. The van der Waals surface area contributed by atoms with Gasteiger partial charge in [0.2, 0.25) is 0 Å². The van der Waals surface area contributed by atoms with Crippen molar-refractivity contribution in [2.24, 2.45) is 0 Å². The average Bonchev–Trinajstić information content (AvgIpc) is 2.98. The van der Waals surface area contributed by atoms with E-state index in [1.54, 1.807) is 11.3 Å². The van der Waals surface area contributed by atoms with E-state index < -0.39 is 0 Å². The number of rotatable bonds is 5. The first-order valence-electron chi connectivity index (χ1n) is 8.51. The fourth-order valence-corrected chi connectivity index (χ4v) is 3.77. The topological polar surface area (TPSA) is 42.0 Å². The smallest absolute Gasteiger partial charge is 0.257 e. The van der Waals surface area contributed by atoms with E-state index in [2.05, 4.69) is 43.4 Å². The molecule has 1 amide bonds. The average molecular weight is 350 g/mol. The second kappa shape index (κ2) is 7.62. The molecule has 0 saturated carbocycles. The SMILES string of the molecule is CCCc1sc(NC(=O)c2cccc(C)c2)nc1-c1ccc(C)cc1. The van der Waals surface area contributed by atoms with Gasteiger partial charge in [-0.25, -0.2) is 4.98 Å². The van der Waals surface area contributed by atoms with Gasteiger partial charge < -0.3 is 0 Å². The lowest BCUT2D eigenvalue weighted by Gasteiger charge is -2.02. The zero-order chi connectivity index (χ0) is 17.8. The third-order valence-corrected chi connectivity index (χ3v) is 5.03. The van der Waals surface area contributed by atoms with Crippen LogP contribution in [0.2, 0.25) is 0 Å². The summed E-state index contributed by atoms with van der Waals surface area (Å²) in [5.41, 5.74) is 5.03. The number of nitrogens with zero attached hydrogens (tertiary/aromatic N) is 1. The number of anilines is 1. The summed E-state index contributed by atoms with van der Waals surface area (Å²) in [6, 6.07) is 16.0. The molecule has 0 radical (unpaired) electrons. The number of aryl methyl sites for hydroxylation is 3. The molecule has 3 nitrogen and oxygen atoms in total. The molecule has 0 aliphatic carbocycles. The van der Waals surface area contributed by atoms with Crippen LogP contribution in [0.25, 0.3) is 11.3 Å². The lowest BCUT2D eigenvalue weighted by atomic mass is 10.1. The number of benzene rings is 2. The Morgan fingerprint density at radius 2 is 1.84 bits per heavy atom. The molecule has 0 spiro atoms. The zero-order valence-electron chi connectivity index (χ0n) is 14.8. The number of carbonyl (C=O) groups excluding carboxylic acids is 1. The Hall–Kier alpha value is -2.46. The number of carbonyl (C=O) groups is 1. The summed E-state index contributed by atoms with van der Waals surface area (Å²) in [6.07, 6.45) is 2.01. The Kier molecular flexibility index (Phi) is 5.29. The normalized spacial score (nSPS) is 10.7. The van der Waals surface area contributed by atoms with Crippen LogP contribution < -0.4 is 5.32 Å². The van der Waals surface area contributed by atoms with Gasteiger partial charge in [-0.1, -0.05) is 60.9 Å². The standard InChI is InChI=1S/C21H22N2OS/c1-4-6-18-19(16-11-9-14(2)10-12-16)22-21(25-18)23-20(24)17-8-5-7-15(3)13-17/h5,7-13H,4,6H2,1-3H3,(H,22,23,24). The van der Waals surface area contributed by atoms with Crippen molar-refractivity contribution in [2.45, 2.75) is 33.6 Å². The summed E-state index contributed by atoms with van der Waals surface area (Å²) >= 11 is 1.57. The molecular weight excluding hydrogens is 328 g/mol. The van der Waals surface area contributed by atoms with E-state index in [9.17, 15) is 4.79 Å². The van der Waals surface area contributed by atoms with E-state index in [0.717, 1.165) is 29.7 Å². The maximum Gasteiger partial charge on any atom is 0.257 e. The van der Waals surface area contributed by atoms with Crippen molar-refractivity contribution in [3.05, 3.63) is 70.1 Å². The van der Waals surface area contributed by atoms with Crippen LogP contribution in [0.15, 0.2) is 48.5 Å². The molecule has 2 aromatic carbocycles. The first-order chi connectivity index (χ1) is 12.1. The van der Waals surface area contributed by atoms with Crippen LogP contribution in [0.5, 0.6) is 0 Å². The second-order valence-corrected chi connectivity index (χ2v) is 7.31. The lowest BCUT2D eigenvalue weighted by molar-refractivity contribution is 0.102. The largest absolute Gasteiger partial charge is 0.298 e. The highest BCUT2D eigenvalue weighted by atomic mass is 32.1. The number of amides is 1. The number of hydrogen-bond donors (Lipinski definition) is 1. The van der Waals surface area contributed by atoms with Crippen LogP contribution >= 0.6 is 11.3 Å². The highest BCUT2D eigenvalue weighted by Crippen LogP contribution is 2.32. The van der Waals surface area contributed by atoms with Crippen molar-refractivity contribution < 1.29 is 4.79 Å². The fourth-order valence-electron chi connectivity index (χ4n) is 2.69. The van der Waals surface area contributed by atoms with Gasteiger partial charge in [-0.15, -0.1) is 11.3 Å². The molecule has 0 atom stereocenters. The van der Waals surface area contributed by atoms with Gasteiger partial charge in [0.25, 0.3) is 5.91 Å². The van der Waals surface area contributed by atoms with Crippen molar-refractivity contribution >= 4 is 22.4 Å². The number of nitrogens with one attached hydrogen (secondary N) is 1. The van der Waals surface area contributed by atoms with Crippen molar-refractivity contribution in [2.75, 3.05) is 5.32 Å². The highest BCUT2D eigenvalue weighted by Gasteiger charge is 2.15. The minimum Gasteiger partial charge on any atom is -0.298 e. The number of aromatic nitrogens is 1. The van der Waals surface area contributed by atoms with Crippen molar-refractivity contribution in [3.63, 3.8) is 0 Å².